The highest BCUT2D eigenvalue weighted by molar-refractivity contribution is 7.89. The van der Waals surface area contributed by atoms with Crippen molar-refractivity contribution in [2.24, 2.45) is 0 Å². The maximum atomic E-state index is 11.8. The molecule has 0 atom stereocenters. The van der Waals surface area contributed by atoms with E-state index < -0.39 is 16.0 Å². The molecule has 1 rings (SSSR count). The third-order valence-corrected chi connectivity index (χ3v) is 3.70. The number of ether oxygens (including phenoxy) is 1. The number of carbonyl (C=O) groups is 1. The van der Waals surface area contributed by atoms with Gasteiger partial charge < -0.3 is 4.74 Å². The lowest BCUT2D eigenvalue weighted by atomic mass is 10.2. The SMILES string of the molecule is CCOC(=O)CCNS(=O)(=O)c1ccc(C#N)cc1. The van der Waals surface area contributed by atoms with Gasteiger partial charge in [-0.05, 0) is 31.2 Å². The highest BCUT2D eigenvalue weighted by Crippen LogP contribution is 2.09. The summed E-state index contributed by atoms with van der Waals surface area (Å²) in [6, 6.07) is 7.41. The number of nitriles is 1. The van der Waals surface area contributed by atoms with Crippen molar-refractivity contribution in [1.82, 2.24) is 4.72 Å². The number of benzene rings is 1. The van der Waals surface area contributed by atoms with Crippen LogP contribution in [0.15, 0.2) is 29.2 Å². The second kappa shape index (κ2) is 6.87. The monoisotopic (exact) mass is 282 g/mol. The molecule has 0 bridgehead atoms. The summed E-state index contributed by atoms with van der Waals surface area (Å²) in [5.41, 5.74) is 0.380. The topological polar surface area (TPSA) is 96.3 Å². The predicted molar refractivity (Wildman–Crippen MR) is 67.6 cm³/mol. The van der Waals surface area contributed by atoms with Crippen LogP contribution in [0.2, 0.25) is 0 Å². The van der Waals surface area contributed by atoms with Crippen LogP contribution in [0.1, 0.15) is 18.9 Å². The first-order valence-corrected chi connectivity index (χ1v) is 7.13. The zero-order chi connectivity index (χ0) is 14.3. The number of hydrogen-bond acceptors (Lipinski definition) is 5. The van der Waals surface area contributed by atoms with Crippen LogP contribution < -0.4 is 4.72 Å². The van der Waals surface area contributed by atoms with Gasteiger partial charge in [-0.3, -0.25) is 4.79 Å². The average Bonchev–Trinajstić information content (AvgIpc) is 2.39. The van der Waals surface area contributed by atoms with Crippen molar-refractivity contribution in [2.45, 2.75) is 18.2 Å². The number of sulfonamides is 1. The van der Waals surface area contributed by atoms with Gasteiger partial charge in [0.05, 0.1) is 29.6 Å². The molecule has 7 heteroatoms. The van der Waals surface area contributed by atoms with Gasteiger partial charge in [0, 0.05) is 6.54 Å². The van der Waals surface area contributed by atoms with Crippen LogP contribution >= 0.6 is 0 Å². The highest BCUT2D eigenvalue weighted by Gasteiger charge is 2.14. The van der Waals surface area contributed by atoms with Crippen molar-refractivity contribution in [3.63, 3.8) is 0 Å². The van der Waals surface area contributed by atoms with Crippen LogP contribution in [0, 0.1) is 11.3 Å². The van der Waals surface area contributed by atoms with E-state index in [1.54, 1.807) is 6.92 Å². The Kier molecular flexibility index (Phi) is 5.48. The summed E-state index contributed by atoms with van der Waals surface area (Å²) < 4.78 is 30.6. The van der Waals surface area contributed by atoms with E-state index in [1.165, 1.54) is 24.3 Å². The maximum Gasteiger partial charge on any atom is 0.307 e. The van der Waals surface area contributed by atoms with Gasteiger partial charge in [0.25, 0.3) is 0 Å². The maximum absolute atomic E-state index is 11.8. The van der Waals surface area contributed by atoms with Crippen molar-refractivity contribution < 1.29 is 17.9 Å². The molecular formula is C12H14N2O4S. The largest absolute Gasteiger partial charge is 0.466 e. The Bertz CT molecular complexity index is 573. The summed E-state index contributed by atoms with van der Waals surface area (Å²) in [4.78, 5) is 11.1. The molecule has 0 amide bonds. The highest BCUT2D eigenvalue weighted by atomic mass is 32.2. The molecule has 1 aromatic rings. The van der Waals surface area contributed by atoms with Crippen LogP contribution in [0.25, 0.3) is 0 Å². The van der Waals surface area contributed by atoms with Gasteiger partial charge in [0.2, 0.25) is 10.0 Å². The van der Waals surface area contributed by atoms with E-state index in [4.69, 9.17) is 5.26 Å². The molecule has 19 heavy (non-hydrogen) atoms. The molecule has 0 spiro atoms. The first-order valence-electron chi connectivity index (χ1n) is 5.65. The van der Waals surface area contributed by atoms with E-state index >= 15 is 0 Å². The molecule has 0 aromatic heterocycles. The van der Waals surface area contributed by atoms with E-state index in [0.717, 1.165) is 0 Å². The normalized spacial score (nSPS) is 10.7. The molecule has 0 saturated heterocycles. The molecule has 6 nitrogen and oxygen atoms in total. The predicted octanol–water partition coefficient (Wildman–Crippen LogP) is 0.790. The summed E-state index contributed by atoms with van der Waals surface area (Å²) >= 11 is 0. The fourth-order valence-electron chi connectivity index (χ4n) is 1.31. The smallest absolute Gasteiger partial charge is 0.307 e. The van der Waals surface area contributed by atoms with Gasteiger partial charge in [0.15, 0.2) is 0 Å². The molecule has 0 aliphatic heterocycles. The van der Waals surface area contributed by atoms with Gasteiger partial charge >= 0.3 is 5.97 Å². The molecule has 0 saturated carbocycles. The van der Waals surface area contributed by atoms with E-state index in [-0.39, 0.29) is 24.5 Å². The lowest BCUT2D eigenvalue weighted by Crippen LogP contribution is -2.26. The third kappa shape index (κ3) is 4.69. The molecular weight excluding hydrogens is 268 g/mol. The Morgan fingerprint density at radius 2 is 2.00 bits per heavy atom. The fraction of sp³-hybridized carbons (Fsp3) is 0.333. The Balaban J connectivity index is 2.61. The van der Waals surface area contributed by atoms with Gasteiger partial charge in [0.1, 0.15) is 0 Å². The number of nitrogens with zero attached hydrogens (tertiary/aromatic N) is 1. The second-order valence-corrected chi connectivity index (χ2v) is 5.36. The summed E-state index contributed by atoms with van der Waals surface area (Å²) in [5, 5.41) is 8.62. The van der Waals surface area contributed by atoms with Crippen LogP contribution in [0.4, 0.5) is 0 Å². The van der Waals surface area contributed by atoms with Gasteiger partial charge in [-0.1, -0.05) is 0 Å². The second-order valence-electron chi connectivity index (χ2n) is 3.59. The van der Waals surface area contributed by atoms with Crippen molar-refractivity contribution in [3.05, 3.63) is 29.8 Å². The van der Waals surface area contributed by atoms with Crippen LogP contribution in [0.5, 0.6) is 0 Å². The lowest BCUT2D eigenvalue weighted by molar-refractivity contribution is -0.142. The number of esters is 1. The summed E-state index contributed by atoms with van der Waals surface area (Å²) in [6.07, 6.45) is -0.0245. The third-order valence-electron chi connectivity index (χ3n) is 2.22. The molecule has 0 fully saturated rings. The minimum absolute atomic E-state index is 0.0245. The molecule has 0 aliphatic rings. The Hall–Kier alpha value is -1.91. The molecule has 102 valence electrons. The van der Waals surface area contributed by atoms with E-state index in [2.05, 4.69) is 9.46 Å². The van der Waals surface area contributed by atoms with Crippen molar-refractivity contribution in [3.8, 4) is 6.07 Å². The van der Waals surface area contributed by atoms with Crippen molar-refractivity contribution in [2.75, 3.05) is 13.2 Å². The average molecular weight is 282 g/mol. The molecule has 0 aliphatic carbocycles. The zero-order valence-electron chi connectivity index (χ0n) is 10.4. The molecule has 1 N–H and O–H groups in total. The number of rotatable bonds is 6. The van der Waals surface area contributed by atoms with Crippen LogP contribution in [-0.4, -0.2) is 27.5 Å². The molecule has 0 unspecified atom stereocenters. The van der Waals surface area contributed by atoms with Gasteiger partial charge in [-0.15, -0.1) is 0 Å². The minimum Gasteiger partial charge on any atom is -0.466 e. The fourth-order valence-corrected chi connectivity index (χ4v) is 2.34. The lowest BCUT2D eigenvalue weighted by Gasteiger charge is -2.06. The summed E-state index contributed by atoms with van der Waals surface area (Å²) in [7, 11) is -3.66. The van der Waals surface area contributed by atoms with Crippen LogP contribution in [0.3, 0.4) is 0 Å². The number of carbonyl (C=O) groups excluding carboxylic acids is 1. The number of nitrogens with one attached hydrogen (secondary N) is 1. The Morgan fingerprint density at radius 3 is 2.53 bits per heavy atom. The van der Waals surface area contributed by atoms with E-state index in [1.807, 2.05) is 6.07 Å². The Morgan fingerprint density at radius 1 is 1.37 bits per heavy atom. The molecule has 1 aromatic carbocycles. The quantitative estimate of drug-likeness (QED) is 0.778. The van der Waals surface area contributed by atoms with Crippen LogP contribution in [-0.2, 0) is 19.6 Å². The van der Waals surface area contributed by atoms with Gasteiger partial charge in [-0.25, -0.2) is 13.1 Å². The standard InChI is InChI=1S/C12H14N2O4S/c1-2-18-12(15)7-8-14-19(16,17)11-5-3-10(9-13)4-6-11/h3-6,14H,2,7-8H2,1H3. The van der Waals surface area contributed by atoms with E-state index in [9.17, 15) is 13.2 Å². The van der Waals surface area contributed by atoms with E-state index in [0.29, 0.717) is 5.56 Å². The summed E-state index contributed by atoms with van der Waals surface area (Å²) in [5.74, 6) is -0.454. The summed E-state index contributed by atoms with van der Waals surface area (Å²) in [6.45, 7) is 1.92. The Labute approximate surface area is 112 Å². The zero-order valence-corrected chi connectivity index (χ0v) is 11.2. The number of hydrogen-bond donors (Lipinski definition) is 1. The first kappa shape index (κ1) is 15.1. The minimum atomic E-state index is -3.66. The van der Waals surface area contributed by atoms with Crippen molar-refractivity contribution in [1.29, 1.82) is 5.26 Å². The first-order chi connectivity index (χ1) is 8.99. The molecule has 0 radical (unpaired) electrons. The van der Waals surface area contributed by atoms with Gasteiger partial charge in [-0.2, -0.15) is 5.26 Å². The van der Waals surface area contributed by atoms with Crippen molar-refractivity contribution >= 4 is 16.0 Å². The molecule has 0 heterocycles.